The van der Waals surface area contributed by atoms with Crippen molar-refractivity contribution in [3.05, 3.63) is 30.3 Å². The zero-order valence-corrected chi connectivity index (χ0v) is 16.0. The van der Waals surface area contributed by atoms with Gasteiger partial charge >= 0.3 is 0 Å². The second kappa shape index (κ2) is 6.79. The van der Waals surface area contributed by atoms with E-state index in [1.165, 1.54) is 0 Å². The number of hydrogen-bond acceptors (Lipinski definition) is 5. The molecule has 0 saturated carbocycles. The van der Waals surface area contributed by atoms with E-state index >= 15 is 0 Å². The van der Waals surface area contributed by atoms with E-state index in [4.69, 9.17) is 4.52 Å². The molecule has 1 aliphatic rings. The van der Waals surface area contributed by atoms with E-state index in [0.717, 1.165) is 42.4 Å². The maximum Gasteiger partial charge on any atom is 0.230 e. The molecule has 1 aromatic carbocycles. The fraction of sp³-hybridized carbons (Fsp3) is 0.500. The zero-order valence-electron chi connectivity index (χ0n) is 16.0. The van der Waals surface area contributed by atoms with E-state index < -0.39 is 0 Å². The van der Waals surface area contributed by atoms with E-state index in [-0.39, 0.29) is 17.2 Å². The van der Waals surface area contributed by atoms with Crippen LogP contribution in [0.2, 0.25) is 0 Å². The van der Waals surface area contributed by atoms with Crippen LogP contribution >= 0.6 is 0 Å². The number of nitrogens with one attached hydrogen (secondary N) is 1. The van der Waals surface area contributed by atoms with Crippen molar-refractivity contribution >= 4 is 16.8 Å². The average Bonchev–Trinajstić information content (AvgIpc) is 3.29. The molecular formula is C20H25N5O2. The standard InChI is InChI=1S/C20H25N5O2/c1-20(2,3)11-17(26)25-8-6-13(7-9-25)19-22-18(24-27-19)14-4-5-15-12-21-23-16(15)10-14/h4-5,10,12-13H,6-9,11H2,1-3H3,(H,21,23). The van der Waals surface area contributed by atoms with Crippen LogP contribution < -0.4 is 0 Å². The van der Waals surface area contributed by atoms with Gasteiger partial charge in [-0.15, -0.1) is 0 Å². The highest BCUT2D eigenvalue weighted by molar-refractivity contribution is 5.82. The van der Waals surface area contributed by atoms with Crippen molar-refractivity contribution in [2.75, 3.05) is 13.1 Å². The van der Waals surface area contributed by atoms with Crippen molar-refractivity contribution in [2.24, 2.45) is 5.41 Å². The molecule has 1 aliphatic heterocycles. The Morgan fingerprint density at radius 3 is 2.81 bits per heavy atom. The Hall–Kier alpha value is -2.70. The second-order valence-corrected chi connectivity index (χ2v) is 8.52. The van der Waals surface area contributed by atoms with Crippen LogP contribution in [0.3, 0.4) is 0 Å². The number of fused-ring (bicyclic) bond motifs is 1. The number of carbonyl (C=O) groups excluding carboxylic acids is 1. The molecule has 0 radical (unpaired) electrons. The molecule has 4 rings (SSSR count). The van der Waals surface area contributed by atoms with Gasteiger partial charge in [0.1, 0.15) is 0 Å². The van der Waals surface area contributed by atoms with Gasteiger partial charge in [0, 0.05) is 36.4 Å². The number of benzene rings is 1. The van der Waals surface area contributed by atoms with Gasteiger partial charge in [0.25, 0.3) is 0 Å². The van der Waals surface area contributed by atoms with E-state index in [1.807, 2.05) is 23.1 Å². The topological polar surface area (TPSA) is 87.9 Å². The van der Waals surface area contributed by atoms with E-state index in [9.17, 15) is 4.79 Å². The second-order valence-electron chi connectivity index (χ2n) is 8.52. The first-order valence-electron chi connectivity index (χ1n) is 9.44. The highest BCUT2D eigenvalue weighted by atomic mass is 16.5. The van der Waals surface area contributed by atoms with E-state index in [1.54, 1.807) is 6.20 Å². The summed E-state index contributed by atoms with van der Waals surface area (Å²) in [6.45, 7) is 7.78. The first-order valence-corrected chi connectivity index (χ1v) is 9.44. The van der Waals surface area contributed by atoms with Crippen LogP contribution in [0.4, 0.5) is 0 Å². The predicted octanol–water partition coefficient (Wildman–Crippen LogP) is 3.76. The molecule has 7 nitrogen and oxygen atoms in total. The minimum absolute atomic E-state index is 0.0189. The lowest BCUT2D eigenvalue weighted by Gasteiger charge is -2.32. The Morgan fingerprint density at radius 1 is 1.30 bits per heavy atom. The van der Waals surface area contributed by atoms with Gasteiger partial charge in [-0.3, -0.25) is 9.89 Å². The fourth-order valence-corrected chi connectivity index (χ4v) is 3.54. The van der Waals surface area contributed by atoms with Gasteiger partial charge in [0.05, 0.1) is 11.7 Å². The van der Waals surface area contributed by atoms with Gasteiger partial charge in [-0.1, -0.05) is 38.1 Å². The number of likely N-dealkylation sites (tertiary alicyclic amines) is 1. The number of amides is 1. The minimum Gasteiger partial charge on any atom is -0.343 e. The summed E-state index contributed by atoms with van der Waals surface area (Å²) in [6.07, 6.45) is 4.09. The summed E-state index contributed by atoms with van der Waals surface area (Å²) in [5.74, 6) is 1.70. The van der Waals surface area contributed by atoms with E-state index in [0.29, 0.717) is 18.1 Å². The quantitative estimate of drug-likeness (QED) is 0.761. The number of aromatic amines is 1. The number of rotatable bonds is 3. The van der Waals surface area contributed by atoms with Crippen LogP contribution in [0.15, 0.2) is 28.9 Å². The molecule has 142 valence electrons. The lowest BCUT2D eigenvalue weighted by Crippen LogP contribution is -2.39. The normalized spacial score (nSPS) is 16.2. The summed E-state index contributed by atoms with van der Waals surface area (Å²) in [7, 11) is 0. The summed E-state index contributed by atoms with van der Waals surface area (Å²) < 4.78 is 5.54. The lowest BCUT2D eigenvalue weighted by atomic mass is 9.90. The molecule has 0 aliphatic carbocycles. The first kappa shape index (κ1) is 17.7. The smallest absolute Gasteiger partial charge is 0.230 e. The monoisotopic (exact) mass is 367 g/mol. The van der Waals surface area contributed by atoms with Crippen molar-refractivity contribution in [2.45, 2.75) is 46.0 Å². The summed E-state index contributed by atoms with van der Waals surface area (Å²) in [5.41, 5.74) is 1.87. The third kappa shape index (κ3) is 3.86. The van der Waals surface area contributed by atoms with Crippen LogP contribution in [-0.4, -0.2) is 44.2 Å². The maximum absolute atomic E-state index is 12.4. The van der Waals surface area contributed by atoms with Crippen LogP contribution in [0, 0.1) is 5.41 Å². The predicted molar refractivity (Wildman–Crippen MR) is 102 cm³/mol. The summed E-state index contributed by atoms with van der Waals surface area (Å²) >= 11 is 0. The van der Waals surface area contributed by atoms with Gasteiger partial charge in [-0.05, 0) is 24.3 Å². The van der Waals surface area contributed by atoms with E-state index in [2.05, 4.69) is 41.1 Å². The number of piperidine rings is 1. The number of hydrogen-bond donors (Lipinski definition) is 1. The summed E-state index contributed by atoms with van der Waals surface area (Å²) in [6, 6.07) is 5.94. The SMILES string of the molecule is CC(C)(C)CC(=O)N1CCC(c2nc(-c3ccc4cn[nH]c4c3)no2)CC1. The van der Waals surface area contributed by atoms with Crippen LogP contribution in [0.5, 0.6) is 0 Å². The Labute approximate surface area is 158 Å². The Balaban J connectivity index is 1.41. The molecule has 1 fully saturated rings. The number of aromatic nitrogens is 4. The Bertz CT molecular complexity index is 945. The van der Waals surface area contributed by atoms with Crippen LogP contribution in [0.1, 0.15) is 51.8 Å². The molecule has 0 atom stereocenters. The van der Waals surface area contributed by atoms with Gasteiger partial charge in [0.2, 0.25) is 17.6 Å². The number of carbonyl (C=O) groups is 1. The van der Waals surface area contributed by atoms with Gasteiger partial charge in [-0.25, -0.2) is 0 Å². The highest BCUT2D eigenvalue weighted by Crippen LogP contribution is 2.30. The minimum atomic E-state index is 0.0189. The fourth-order valence-electron chi connectivity index (χ4n) is 3.54. The van der Waals surface area contributed by atoms with Crippen molar-refractivity contribution in [1.82, 2.24) is 25.2 Å². The molecule has 2 aromatic heterocycles. The third-order valence-corrected chi connectivity index (χ3v) is 5.02. The number of nitrogens with zero attached hydrogens (tertiary/aromatic N) is 4. The van der Waals surface area contributed by atoms with Crippen LogP contribution in [0.25, 0.3) is 22.3 Å². The molecule has 27 heavy (non-hydrogen) atoms. The summed E-state index contributed by atoms with van der Waals surface area (Å²) in [5, 5.41) is 12.2. The molecular weight excluding hydrogens is 342 g/mol. The lowest BCUT2D eigenvalue weighted by molar-refractivity contribution is -0.134. The maximum atomic E-state index is 12.4. The van der Waals surface area contributed by atoms with Gasteiger partial charge in [0.15, 0.2) is 0 Å². The molecule has 1 saturated heterocycles. The Morgan fingerprint density at radius 2 is 2.07 bits per heavy atom. The van der Waals surface area contributed by atoms with Crippen molar-refractivity contribution in [1.29, 1.82) is 0 Å². The Kier molecular flexibility index (Phi) is 4.45. The van der Waals surface area contributed by atoms with Gasteiger partial charge in [-0.2, -0.15) is 10.1 Å². The summed E-state index contributed by atoms with van der Waals surface area (Å²) in [4.78, 5) is 19.0. The molecule has 1 N–H and O–H groups in total. The zero-order chi connectivity index (χ0) is 19.0. The average molecular weight is 367 g/mol. The van der Waals surface area contributed by atoms with Gasteiger partial charge < -0.3 is 9.42 Å². The van der Waals surface area contributed by atoms with Crippen molar-refractivity contribution in [3.8, 4) is 11.4 Å². The molecule has 0 bridgehead atoms. The highest BCUT2D eigenvalue weighted by Gasteiger charge is 2.29. The van der Waals surface area contributed by atoms with Crippen molar-refractivity contribution in [3.63, 3.8) is 0 Å². The number of H-pyrrole nitrogens is 1. The molecule has 3 aromatic rings. The van der Waals surface area contributed by atoms with Crippen LogP contribution in [-0.2, 0) is 4.79 Å². The molecule has 3 heterocycles. The molecule has 0 unspecified atom stereocenters. The first-order chi connectivity index (χ1) is 12.9. The largest absolute Gasteiger partial charge is 0.343 e. The molecule has 0 spiro atoms. The molecule has 7 heteroatoms. The molecule has 1 amide bonds. The third-order valence-electron chi connectivity index (χ3n) is 5.02. The van der Waals surface area contributed by atoms with Crippen molar-refractivity contribution < 1.29 is 9.32 Å².